The van der Waals surface area contributed by atoms with E-state index in [9.17, 15) is 0 Å². The van der Waals surface area contributed by atoms with Gasteiger partial charge in [0.05, 0.1) is 0 Å². The van der Waals surface area contributed by atoms with Gasteiger partial charge < -0.3 is 0 Å². The standard InChI is InChI=1S/Au.Ir.Pt.Rh. The average Bonchev–Trinajstić information content (AvgIpc) is 0. The Morgan fingerprint density at radius 2 is 1.00 bits per heavy atom. The van der Waals surface area contributed by atoms with Crippen LogP contribution in [0.3, 0.4) is 0 Å². The minimum Gasteiger partial charge on any atom is 0 e. The monoisotopic (exact) mass is 688 g/mol. The summed E-state index contributed by atoms with van der Waals surface area (Å²) < 4.78 is 0. The minimum absolute atomic E-state index is 0. The molecule has 0 amide bonds. The molecule has 0 atom stereocenters. The molecule has 0 aliphatic rings. The summed E-state index contributed by atoms with van der Waals surface area (Å²) in [6, 6.07) is 0. The van der Waals surface area contributed by atoms with Crippen LogP contribution in [0.2, 0.25) is 0 Å². The fourth-order valence-electron chi connectivity index (χ4n) is 0. The molecular formula is AuIrPtRh. The van der Waals surface area contributed by atoms with Crippen molar-refractivity contribution in [3.63, 3.8) is 0 Å². The van der Waals surface area contributed by atoms with Crippen LogP contribution < -0.4 is 0 Å². The van der Waals surface area contributed by atoms with Crippen molar-refractivity contribution in [2.45, 2.75) is 0 Å². The van der Waals surface area contributed by atoms with Gasteiger partial charge in [0.25, 0.3) is 0 Å². The third kappa shape index (κ3) is 8.83. The number of hydrogen-bond acceptors (Lipinski definition) is 0. The third-order valence-corrected chi connectivity index (χ3v) is 0. The molecule has 0 aliphatic carbocycles. The van der Waals surface area contributed by atoms with Crippen LogP contribution in [-0.4, -0.2) is 0 Å². The van der Waals surface area contributed by atoms with Crippen LogP contribution in [0.1, 0.15) is 0 Å². The summed E-state index contributed by atoms with van der Waals surface area (Å²) in [5, 5.41) is 0. The van der Waals surface area contributed by atoms with E-state index < -0.39 is 0 Å². The summed E-state index contributed by atoms with van der Waals surface area (Å²) in [6.07, 6.45) is 0. The van der Waals surface area contributed by atoms with Gasteiger partial charge in [0, 0.05) is 83.0 Å². The van der Waals surface area contributed by atoms with Gasteiger partial charge in [0.1, 0.15) is 0 Å². The first-order chi connectivity index (χ1) is 0. The summed E-state index contributed by atoms with van der Waals surface area (Å²) in [5.41, 5.74) is 0. The number of rotatable bonds is 0. The Kier molecular flexibility index (Phi) is 129. The van der Waals surface area contributed by atoms with Gasteiger partial charge in [-0.2, -0.15) is 0 Å². The summed E-state index contributed by atoms with van der Waals surface area (Å²) in [4.78, 5) is 0. The minimum atomic E-state index is 0. The molecular weight excluding hydrogens is 687 g/mol. The summed E-state index contributed by atoms with van der Waals surface area (Å²) >= 11 is 0. The molecule has 0 saturated carbocycles. The maximum absolute atomic E-state index is 0. The second-order valence-electron chi connectivity index (χ2n) is 0. The van der Waals surface area contributed by atoms with Crippen molar-refractivity contribution in [3.8, 4) is 0 Å². The number of hydrogen-bond donors (Lipinski definition) is 0. The topological polar surface area (TPSA) is 0 Å². The molecule has 4 heteroatoms. The van der Waals surface area contributed by atoms with Crippen LogP contribution >= 0.6 is 0 Å². The molecule has 0 nitrogen and oxygen atoms in total. The van der Waals surface area contributed by atoms with Gasteiger partial charge >= 0.3 is 0 Å². The summed E-state index contributed by atoms with van der Waals surface area (Å²) in [7, 11) is 0. The molecule has 0 aromatic rings. The summed E-state index contributed by atoms with van der Waals surface area (Å²) in [6.45, 7) is 0. The van der Waals surface area contributed by atoms with Gasteiger partial charge in [-0.3, -0.25) is 0 Å². The van der Waals surface area contributed by atoms with Crippen molar-refractivity contribution in [1.29, 1.82) is 0 Å². The first-order valence-electron chi connectivity index (χ1n) is 0. The van der Waals surface area contributed by atoms with E-state index in [0.717, 1.165) is 0 Å². The van der Waals surface area contributed by atoms with Crippen molar-refractivity contribution >= 4 is 0 Å². The molecule has 0 N–H and O–H groups in total. The predicted octanol–water partition coefficient (Wildman–Crippen LogP) is -0.0100. The van der Waals surface area contributed by atoms with Gasteiger partial charge in [-0.15, -0.1) is 0 Å². The van der Waals surface area contributed by atoms with Crippen molar-refractivity contribution in [2.75, 3.05) is 0 Å². The largest absolute Gasteiger partial charge is 0 e. The summed E-state index contributed by atoms with van der Waals surface area (Å²) in [5.74, 6) is 0. The molecule has 0 rings (SSSR count). The Bertz CT molecular complexity index is 8.00. The molecule has 0 spiro atoms. The van der Waals surface area contributed by atoms with Gasteiger partial charge in [0.2, 0.25) is 0 Å². The van der Waals surface area contributed by atoms with Crippen LogP contribution in [-0.2, 0) is 83.0 Å². The molecule has 0 aromatic carbocycles. The van der Waals surface area contributed by atoms with E-state index in [0.29, 0.717) is 0 Å². The Labute approximate surface area is 81.8 Å². The Morgan fingerprint density at radius 3 is 1.00 bits per heavy atom. The van der Waals surface area contributed by atoms with E-state index in [-0.39, 0.29) is 83.0 Å². The Hall–Kier alpha value is 2.70. The van der Waals surface area contributed by atoms with Crippen molar-refractivity contribution < 1.29 is 83.0 Å². The predicted molar refractivity (Wildman–Crippen MR) is 0 cm³/mol. The van der Waals surface area contributed by atoms with Gasteiger partial charge in [-0.05, 0) is 0 Å². The van der Waals surface area contributed by atoms with Crippen LogP contribution in [0.25, 0.3) is 0 Å². The zero-order valence-electron chi connectivity index (χ0n) is 1.28. The van der Waals surface area contributed by atoms with Crippen molar-refractivity contribution in [3.05, 3.63) is 0 Å². The van der Waals surface area contributed by atoms with Gasteiger partial charge in [-0.25, -0.2) is 0 Å². The Balaban J connectivity index is 0. The third-order valence-electron chi connectivity index (χ3n) is 0. The molecule has 0 unspecified atom stereocenters. The molecule has 0 heterocycles. The van der Waals surface area contributed by atoms with Crippen LogP contribution in [0.4, 0.5) is 0 Å². The average molecular weight is 687 g/mol. The van der Waals surface area contributed by atoms with Gasteiger partial charge in [0.15, 0.2) is 0 Å². The van der Waals surface area contributed by atoms with E-state index in [1.807, 2.05) is 0 Å². The molecule has 0 bridgehead atoms. The molecule has 0 aliphatic heterocycles. The van der Waals surface area contributed by atoms with E-state index in [1.165, 1.54) is 0 Å². The van der Waals surface area contributed by atoms with E-state index in [2.05, 4.69) is 0 Å². The van der Waals surface area contributed by atoms with Crippen LogP contribution in [0, 0.1) is 0 Å². The second-order valence-corrected chi connectivity index (χ2v) is 0. The second kappa shape index (κ2) is 17.3. The SMILES string of the molecule is [Au].[Ir].[Pt].[Rh]. The van der Waals surface area contributed by atoms with E-state index >= 15 is 0 Å². The quantitative estimate of drug-likeness (QED) is 0.315. The molecule has 4 heavy (non-hydrogen) atoms. The van der Waals surface area contributed by atoms with Crippen molar-refractivity contribution in [2.24, 2.45) is 0 Å². The van der Waals surface area contributed by atoms with Gasteiger partial charge in [-0.1, -0.05) is 0 Å². The van der Waals surface area contributed by atoms with E-state index in [1.54, 1.807) is 0 Å². The van der Waals surface area contributed by atoms with Crippen LogP contribution in [0.15, 0.2) is 0 Å². The maximum atomic E-state index is 0. The zero-order valence-corrected chi connectivity index (χ0v) is 9.76. The fourth-order valence-corrected chi connectivity index (χ4v) is 0. The normalized spacial score (nSPS) is 0. The smallest absolute Gasteiger partial charge is 0 e. The molecule has 0 saturated heterocycles. The first-order valence-corrected chi connectivity index (χ1v) is 0. The molecule has 0 aromatic heterocycles. The van der Waals surface area contributed by atoms with Crippen LogP contribution in [0.5, 0.6) is 0 Å². The van der Waals surface area contributed by atoms with Crippen molar-refractivity contribution in [1.82, 2.24) is 0 Å². The first kappa shape index (κ1) is 29.9. The molecule has 0 fully saturated rings. The Morgan fingerprint density at radius 1 is 1.00 bits per heavy atom. The molecule has 39 valence electrons. The maximum Gasteiger partial charge on any atom is 0 e. The zero-order chi connectivity index (χ0) is 0. The fraction of sp³-hybridized carbons (Fsp3) is 0. The molecule has 3 radical (unpaired) electrons. The van der Waals surface area contributed by atoms with E-state index in [4.69, 9.17) is 0 Å².